The van der Waals surface area contributed by atoms with Gasteiger partial charge in [0.1, 0.15) is 6.61 Å². The SMILES string of the molecule is COc1cc(CNCc2ccccn2)cc(Cl)c1OCc1cccs1.Cl.Cl. The molecule has 0 fully saturated rings. The van der Waals surface area contributed by atoms with Crippen LogP contribution in [0.3, 0.4) is 0 Å². The van der Waals surface area contributed by atoms with Gasteiger partial charge < -0.3 is 14.8 Å². The molecule has 0 aliphatic rings. The molecule has 2 heterocycles. The number of thiophene rings is 1. The van der Waals surface area contributed by atoms with Crippen LogP contribution >= 0.6 is 47.8 Å². The molecule has 0 saturated heterocycles. The minimum Gasteiger partial charge on any atom is -0.493 e. The summed E-state index contributed by atoms with van der Waals surface area (Å²) in [7, 11) is 1.62. The number of rotatable bonds is 8. The number of hydrogen-bond donors (Lipinski definition) is 1. The first-order chi connectivity index (χ1) is 12.3. The Bertz CT molecular complexity index is 802. The topological polar surface area (TPSA) is 43.4 Å². The first-order valence-corrected chi connectivity index (χ1v) is 9.14. The molecule has 0 amide bonds. The molecule has 27 heavy (non-hydrogen) atoms. The van der Waals surface area contributed by atoms with Crippen molar-refractivity contribution in [3.63, 3.8) is 0 Å². The predicted octanol–water partition coefficient (Wildman–Crippen LogP) is 5.52. The molecule has 0 saturated carbocycles. The summed E-state index contributed by atoms with van der Waals surface area (Å²) >= 11 is 8.06. The Hall–Kier alpha value is -1.50. The number of hydrogen-bond acceptors (Lipinski definition) is 5. The lowest BCUT2D eigenvalue weighted by atomic mass is 10.2. The van der Waals surface area contributed by atoms with E-state index in [9.17, 15) is 0 Å². The van der Waals surface area contributed by atoms with Crippen molar-refractivity contribution in [2.24, 2.45) is 0 Å². The van der Waals surface area contributed by atoms with Gasteiger partial charge in [0.2, 0.25) is 0 Å². The van der Waals surface area contributed by atoms with E-state index in [2.05, 4.69) is 10.3 Å². The molecule has 3 rings (SSSR count). The zero-order chi connectivity index (χ0) is 17.5. The molecule has 0 unspecified atom stereocenters. The smallest absolute Gasteiger partial charge is 0.180 e. The van der Waals surface area contributed by atoms with Gasteiger partial charge in [0.25, 0.3) is 0 Å². The highest BCUT2D eigenvalue weighted by Crippen LogP contribution is 2.37. The van der Waals surface area contributed by atoms with E-state index in [0.717, 1.165) is 16.1 Å². The Labute approximate surface area is 180 Å². The van der Waals surface area contributed by atoms with Gasteiger partial charge in [-0.05, 0) is 41.3 Å². The Morgan fingerprint density at radius 3 is 2.63 bits per heavy atom. The molecule has 0 radical (unpaired) electrons. The molecule has 0 spiro atoms. The first-order valence-electron chi connectivity index (χ1n) is 7.88. The number of aromatic nitrogens is 1. The third-order valence-corrected chi connectivity index (χ3v) is 4.72. The maximum absolute atomic E-state index is 6.41. The largest absolute Gasteiger partial charge is 0.493 e. The standard InChI is InChI=1S/C19H19ClN2O2S.2ClH/c1-23-18-10-14(11-21-12-15-5-2-3-7-22-15)9-17(20)19(18)24-13-16-6-4-8-25-16;;/h2-10,21H,11-13H2,1H3;2*1H. The lowest BCUT2D eigenvalue weighted by Crippen LogP contribution is -2.13. The molecule has 0 aliphatic carbocycles. The van der Waals surface area contributed by atoms with Gasteiger partial charge in [0, 0.05) is 24.2 Å². The molecule has 3 aromatic rings. The van der Waals surface area contributed by atoms with Crippen LogP contribution in [-0.4, -0.2) is 12.1 Å². The maximum Gasteiger partial charge on any atom is 0.180 e. The molecular formula is C19H21Cl3N2O2S. The first kappa shape index (κ1) is 23.5. The number of ether oxygens (including phenoxy) is 2. The van der Waals surface area contributed by atoms with Gasteiger partial charge in [-0.2, -0.15) is 0 Å². The van der Waals surface area contributed by atoms with Crippen LogP contribution in [0.4, 0.5) is 0 Å². The van der Waals surface area contributed by atoms with Crippen LogP contribution in [0.2, 0.25) is 5.02 Å². The van der Waals surface area contributed by atoms with E-state index >= 15 is 0 Å². The average Bonchev–Trinajstić information content (AvgIpc) is 3.15. The van der Waals surface area contributed by atoms with Crippen LogP contribution in [0.25, 0.3) is 0 Å². The van der Waals surface area contributed by atoms with Crippen LogP contribution in [-0.2, 0) is 19.7 Å². The number of benzene rings is 1. The number of nitrogens with zero attached hydrogens (tertiary/aromatic N) is 1. The fourth-order valence-electron chi connectivity index (χ4n) is 2.39. The van der Waals surface area contributed by atoms with Crippen molar-refractivity contribution < 1.29 is 9.47 Å². The van der Waals surface area contributed by atoms with E-state index in [0.29, 0.717) is 36.2 Å². The Balaban J connectivity index is 0.00000182. The molecular weight excluding hydrogens is 427 g/mol. The lowest BCUT2D eigenvalue weighted by molar-refractivity contribution is 0.287. The summed E-state index contributed by atoms with van der Waals surface area (Å²) in [5.74, 6) is 1.21. The highest BCUT2D eigenvalue weighted by molar-refractivity contribution is 7.09. The molecule has 4 nitrogen and oxygen atoms in total. The van der Waals surface area contributed by atoms with E-state index in [1.807, 2.05) is 47.8 Å². The monoisotopic (exact) mass is 446 g/mol. The van der Waals surface area contributed by atoms with Gasteiger partial charge in [0.05, 0.1) is 17.8 Å². The van der Waals surface area contributed by atoms with Crippen LogP contribution in [0.15, 0.2) is 54.0 Å². The van der Waals surface area contributed by atoms with Crippen LogP contribution < -0.4 is 14.8 Å². The summed E-state index contributed by atoms with van der Waals surface area (Å²) in [5, 5.41) is 5.92. The second-order valence-electron chi connectivity index (χ2n) is 5.40. The molecule has 1 N–H and O–H groups in total. The second kappa shape index (κ2) is 12.1. The van der Waals surface area contributed by atoms with Crippen molar-refractivity contribution in [2.75, 3.05) is 7.11 Å². The van der Waals surface area contributed by atoms with Crippen LogP contribution in [0.5, 0.6) is 11.5 Å². The number of methoxy groups -OCH3 is 1. The summed E-state index contributed by atoms with van der Waals surface area (Å²) in [4.78, 5) is 5.43. The van der Waals surface area contributed by atoms with Crippen molar-refractivity contribution in [3.05, 3.63) is 75.2 Å². The molecule has 2 aromatic heterocycles. The number of nitrogens with one attached hydrogen (secondary N) is 1. The minimum atomic E-state index is 0. The zero-order valence-corrected chi connectivity index (χ0v) is 17.9. The summed E-state index contributed by atoms with van der Waals surface area (Å²) < 4.78 is 11.3. The highest BCUT2D eigenvalue weighted by atomic mass is 35.5. The maximum atomic E-state index is 6.41. The van der Waals surface area contributed by atoms with Crippen LogP contribution in [0, 0.1) is 0 Å². The van der Waals surface area contributed by atoms with Crippen molar-refractivity contribution in [2.45, 2.75) is 19.7 Å². The Morgan fingerprint density at radius 2 is 1.96 bits per heavy atom. The van der Waals surface area contributed by atoms with Gasteiger partial charge in [-0.1, -0.05) is 23.7 Å². The molecule has 1 aromatic carbocycles. The summed E-state index contributed by atoms with van der Waals surface area (Å²) in [6.07, 6.45) is 1.79. The number of pyridine rings is 1. The summed E-state index contributed by atoms with van der Waals surface area (Å²) in [5.41, 5.74) is 2.03. The van der Waals surface area contributed by atoms with Gasteiger partial charge in [-0.15, -0.1) is 36.2 Å². The lowest BCUT2D eigenvalue weighted by Gasteiger charge is -2.14. The highest BCUT2D eigenvalue weighted by Gasteiger charge is 2.12. The molecule has 8 heteroatoms. The van der Waals surface area contributed by atoms with Gasteiger partial charge in [-0.3, -0.25) is 4.98 Å². The van der Waals surface area contributed by atoms with Crippen molar-refractivity contribution >= 4 is 47.8 Å². The molecule has 0 atom stereocenters. The summed E-state index contributed by atoms with van der Waals surface area (Å²) in [6.45, 7) is 1.83. The van der Waals surface area contributed by atoms with E-state index in [1.165, 1.54) is 0 Å². The predicted molar refractivity (Wildman–Crippen MR) is 116 cm³/mol. The fourth-order valence-corrected chi connectivity index (χ4v) is 3.29. The molecule has 0 aliphatic heterocycles. The van der Waals surface area contributed by atoms with Crippen molar-refractivity contribution in [1.29, 1.82) is 0 Å². The number of halogens is 3. The quantitative estimate of drug-likeness (QED) is 0.494. The van der Waals surface area contributed by atoms with Gasteiger partial charge in [0.15, 0.2) is 11.5 Å². The third kappa shape index (κ3) is 6.87. The summed E-state index contributed by atoms with van der Waals surface area (Å²) in [6, 6.07) is 13.7. The Kier molecular flexibility index (Phi) is 10.5. The van der Waals surface area contributed by atoms with Crippen molar-refractivity contribution in [3.8, 4) is 11.5 Å². The van der Waals surface area contributed by atoms with Crippen LogP contribution in [0.1, 0.15) is 16.1 Å². The van der Waals surface area contributed by atoms with E-state index < -0.39 is 0 Å². The second-order valence-corrected chi connectivity index (χ2v) is 6.84. The minimum absolute atomic E-state index is 0. The van der Waals surface area contributed by atoms with E-state index in [4.69, 9.17) is 21.1 Å². The molecule has 0 bridgehead atoms. The van der Waals surface area contributed by atoms with E-state index in [-0.39, 0.29) is 24.8 Å². The average molecular weight is 448 g/mol. The third-order valence-electron chi connectivity index (χ3n) is 3.59. The van der Waals surface area contributed by atoms with Crippen molar-refractivity contribution in [1.82, 2.24) is 10.3 Å². The van der Waals surface area contributed by atoms with Gasteiger partial charge in [-0.25, -0.2) is 0 Å². The Morgan fingerprint density at radius 1 is 1.11 bits per heavy atom. The van der Waals surface area contributed by atoms with E-state index in [1.54, 1.807) is 24.6 Å². The fraction of sp³-hybridized carbons (Fsp3) is 0.211. The normalized spacial score (nSPS) is 9.85. The molecule has 146 valence electrons. The van der Waals surface area contributed by atoms with Gasteiger partial charge >= 0.3 is 0 Å². The zero-order valence-electron chi connectivity index (χ0n) is 14.7.